The molecule has 180 valence electrons. The number of nitrogens with one attached hydrogen (secondary N) is 1. The number of nitrogens with two attached hydrogens (primary N) is 1. The predicted molar refractivity (Wildman–Crippen MR) is 144 cm³/mol. The molecule has 0 atom stereocenters. The molecule has 3 N–H and O–H groups in total. The molecule has 2 heterocycles. The van der Waals surface area contributed by atoms with Crippen LogP contribution in [-0.4, -0.2) is 20.9 Å². The summed E-state index contributed by atoms with van der Waals surface area (Å²) in [6.45, 7) is 1.49. The first-order chi connectivity index (χ1) is 17.7. The average molecular weight is 476 g/mol. The summed E-state index contributed by atoms with van der Waals surface area (Å²) in [5.74, 6) is 3.37. The molecule has 1 fully saturated rings. The maximum absolute atomic E-state index is 6.37. The van der Waals surface area contributed by atoms with E-state index in [-0.39, 0.29) is 0 Å². The number of ether oxygens (including phenoxy) is 1. The second-order valence-electron chi connectivity index (χ2n) is 9.43. The first-order valence-corrected chi connectivity index (χ1v) is 12.4. The minimum absolute atomic E-state index is 0.396. The summed E-state index contributed by atoms with van der Waals surface area (Å²) in [7, 11) is 0. The van der Waals surface area contributed by atoms with Gasteiger partial charge in [0.15, 0.2) is 0 Å². The van der Waals surface area contributed by atoms with Crippen molar-refractivity contribution in [2.75, 3.05) is 17.6 Å². The second kappa shape index (κ2) is 9.74. The molecule has 6 rings (SSSR count). The van der Waals surface area contributed by atoms with Crippen LogP contribution in [0.4, 0.5) is 11.5 Å². The summed E-state index contributed by atoms with van der Waals surface area (Å²) in [5.41, 5.74) is 11.4. The van der Waals surface area contributed by atoms with Gasteiger partial charge in [0.05, 0.1) is 0 Å². The number of benzene rings is 3. The lowest BCUT2D eigenvalue weighted by molar-refractivity contribution is 0.268. The number of aromatic nitrogens is 3. The van der Waals surface area contributed by atoms with Crippen molar-refractivity contribution in [1.82, 2.24) is 14.4 Å². The highest BCUT2D eigenvalue weighted by molar-refractivity contribution is 5.85. The molecule has 0 bridgehead atoms. The van der Waals surface area contributed by atoms with Crippen molar-refractivity contribution in [3.05, 3.63) is 109 Å². The molecule has 0 spiro atoms. The predicted octanol–water partition coefficient (Wildman–Crippen LogP) is 6.16. The lowest BCUT2D eigenvalue weighted by Crippen LogP contribution is -2.29. The summed E-state index contributed by atoms with van der Waals surface area (Å²) in [5, 5.41) is 3.55. The Labute approximate surface area is 210 Å². The molecule has 5 aromatic rings. The minimum Gasteiger partial charge on any atom is -0.489 e. The van der Waals surface area contributed by atoms with Crippen molar-refractivity contribution in [3.8, 4) is 17.0 Å². The number of hydrogen-bond acceptors (Lipinski definition) is 5. The molecule has 0 radical (unpaired) electrons. The van der Waals surface area contributed by atoms with Crippen LogP contribution in [0.25, 0.3) is 16.8 Å². The van der Waals surface area contributed by atoms with Crippen LogP contribution in [0, 0.1) is 5.92 Å². The fourth-order valence-corrected chi connectivity index (χ4v) is 4.98. The van der Waals surface area contributed by atoms with Crippen LogP contribution < -0.4 is 15.8 Å². The van der Waals surface area contributed by atoms with Crippen LogP contribution in [0.5, 0.6) is 5.75 Å². The first-order valence-electron chi connectivity index (χ1n) is 12.4. The molecule has 1 saturated carbocycles. The normalized spacial score (nSPS) is 17.0. The van der Waals surface area contributed by atoms with Gasteiger partial charge in [-0.05, 0) is 48.6 Å². The van der Waals surface area contributed by atoms with Crippen molar-refractivity contribution in [2.45, 2.75) is 25.4 Å². The van der Waals surface area contributed by atoms with Gasteiger partial charge in [-0.2, -0.15) is 0 Å². The number of anilines is 2. The van der Waals surface area contributed by atoms with Crippen LogP contribution in [-0.2, 0) is 6.61 Å². The molecule has 36 heavy (non-hydrogen) atoms. The monoisotopic (exact) mass is 475 g/mol. The molecule has 6 nitrogen and oxygen atoms in total. The lowest BCUT2D eigenvalue weighted by Gasteiger charge is -2.34. The van der Waals surface area contributed by atoms with Gasteiger partial charge in [-0.1, -0.05) is 60.7 Å². The third-order valence-electron chi connectivity index (χ3n) is 6.94. The highest BCUT2D eigenvalue weighted by Crippen LogP contribution is 2.43. The summed E-state index contributed by atoms with van der Waals surface area (Å²) in [6, 6.07) is 28.6. The highest BCUT2D eigenvalue weighted by Gasteiger charge is 2.34. The number of imidazole rings is 1. The molecule has 1 aliphatic rings. The van der Waals surface area contributed by atoms with E-state index in [1.165, 1.54) is 5.69 Å². The zero-order valence-corrected chi connectivity index (χ0v) is 20.0. The van der Waals surface area contributed by atoms with Crippen LogP contribution in [0.3, 0.4) is 0 Å². The molecule has 0 aliphatic heterocycles. The maximum atomic E-state index is 6.37. The van der Waals surface area contributed by atoms with Crippen molar-refractivity contribution in [2.24, 2.45) is 5.92 Å². The number of para-hydroxylation sites is 1. The van der Waals surface area contributed by atoms with E-state index in [1.54, 1.807) is 6.20 Å². The highest BCUT2D eigenvalue weighted by atomic mass is 16.5. The van der Waals surface area contributed by atoms with E-state index in [2.05, 4.69) is 57.2 Å². The molecule has 0 amide bonds. The van der Waals surface area contributed by atoms with Crippen molar-refractivity contribution in [1.29, 1.82) is 0 Å². The average Bonchev–Trinajstić information content (AvgIpc) is 3.29. The lowest BCUT2D eigenvalue weighted by atomic mass is 9.74. The largest absolute Gasteiger partial charge is 0.489 e. The van der Waals surface area contributed by atoms with Crippen molar-refractivity contribution >= 4 is 17.0 Å². The van der Waals surface area contributed by atoms with E-state index in [0.717, 1.165) is 53.3 Å². The Kier molecular flexibility index (Phi) is 6.00. The second-order valence-corrected chi connectivity index (χ2v) is 9.43. The fraction of sp³-hybridized carbons (Fsp3) is 0.200. The van der Waals surface area contributed by atoms with E-state index in [9.17, 15) is 0 Å². The molecule has 0 unspecified atom stereocenters. The molecule has 1 aliphatic carbocycles. The summed E-state index contributed by atoms with van der Waals surface area (Å²) in [6.07, 6.45) is 5.92. The van der Waals surface area contributed by atoms with E-state index in [1.807, 2.05) is 48.7 Å². The van der Waals surface area contributed by atoms with Gasteiger partial charge in [-0.25, -0.2) is 9.97 Å². The molecular formula is C30H29N5O. The topological polar surface area (TPSA) is 77.5 Å². The summed E-state index contributed by atoms with van der Waals surface area (Å²) in [4.78, 5) is 9.48. The van der Waals surface area contributed by atoms with Crippen LogP contribution in [0.15, 0.2) is 97.3 Å². The zero-order valence-electron chi connectivity index (χ0n) is 20.0. The van der Waals surface area contributed by atoms with Gasteiger partial charge < -0.3 is 15.8 Å². The third kappa shape index (κ3) is 4.50. The Morgan fingerprint density at radius 1 is 0.944 bits per heavy atom. The number of rotatable bonds is 8. The Hall–Kier alpha value is -4.32. The minimum atomic E-state index is 0.396. The van der Waals surface area contributed by atoms with Gasteiger partial charge in [0, 0.05) is 36.1 Å². The van der Waals surface area contributed by atoms with Gasteiger partial charge >= 0.3 is 0 Å². The Bertz CT molecular complexity index is 1460. The molecular weight excluding hydrogens is 446 g/mol. The zero-order chi connectivity index (χ0) is 24.3. The summed E-state index contributed by atoms with van der Waals surface area (Å²) < 4.78 is 8.20. The van der Waals surface area contributed by atoms with Gasteiger partial charge in [0.1, 0.15) is 35.2 Å². The summed E-state index contributed by atoms with van der Waals surface area (Å²) >= 11 is 0. The van der Waals surface area contributed by atoms with Gasteiger partial charge in [0.2, 0.25) is 0 Å². The van der Waals surface area contributed by atoms with Crippen LogP contribution in [0.2, 0.25) is 0 Å². The van der Waals surface area contributed by atoms with Crippen molar-refractivity contribution < 1.29 is 4.74 Å². The molecule has 2 aromatic heterocycles. The van der Waals surface area contributed by atoms with E-state index >= 15 is 0 Å². The SMILES string of the molecule is Nc1nccn2c(C3CC(CNc4ccccc4)C3)nc(-c3cccc(OCc4ccccc4)c3)c12. The van der Waals surface area contributed by atoms with Gasteiger partial charge in [0.25, 0.3) is 0 Å². The Morgan fingerprint density at radius 3 is 2.53 bits per heavy atom. The smallest absolute Gasteiger partial charge is 0.150 e. The van der Waals surface area contributed by atoms with E-state index < -0.39 is 0 Å². The van der Waals surface area contributed by atoms with E-state index in [4.69, 9.17) is 15.5 Å². The van der Waals surface area contributed by atoms with Gasteiger partial charge in [-0.15, -0.1) is 0 Å². The Balaban J connectivity index is 1.22. The third-order valence-corrected chi connectivity index (χ3v) is 6.94. The molecule has 0 saturated heterocycles. The van der Waals surface area contributed by atoms with Crippen LogP contribution >= 0.6 is 0 Å². The van der Waals surface area contributed by atoms with Gasteiger partial charge in [-0.3, -0.25) is 4.40 Å². The van der Waals surface area contributed by atoms with Crippen molar-refractivity contribution in [3.63, 3.8) is 0 Å². The number of nitrogens with zero attached hydrogens (tertiary/aromatic N) is 3. The molecule has 3 aromatic carbocycles. The number of fused-ring (bicyclic) bond motifs is 1. The molecule has 6 heteroatoms. The first kappa shape index (κ1) is 22.2. The Morgan fingerprint density at radius 2 is 1.72 bits per heavy atom. The fourth-order valence-electron chi connectivity index (χ4n) is 4.98. The van der Waals surface area contributed by atoms with E-state index in [0.29, 0.717) is 24.3 Å². The number of hydrogen-bond donors (Lipinski definition) is 2. The standard InChI is InChI=1S/C30H29N5O/c31-29-28-27(23-10-7-13-26(18-23)36-20-21-8-3-1-4-9-21)34-30(35(28)15-14-32-29)24-16-22(17-24)19-33-25-11-5-2-6-12-25/h1-15,18,22,24,33H,16-17,19-20H2,(H2,31,32). The van der Waals surface area contributed by atoms with Crippen LogP contribution in [0.1, 0.15) is 30.1 Å². The number of nitrogen functional groups attached to an aromatic ring is 1. The quantitative estimate of drug-likeness (QED) is 0.281. The maximum Gasteiger partial charge on any atom is 0.150 e.